The Morgan fingerprint density at radius 3 is 2.32 bits per heavy atom. The molecule has 0 bridgehead atoms. The lowest BCUT2D eigenvalue weighted by molar-refractivity contribution is 0.371. The van der Waals surface area contributed by atoms with Crippen LogP contribution in [0.1, 0.15) is 19.3 Å². The monoisotopic (exact) mass is 350 g/mol. The number of methoxy groups -OCH3 is 2. The van der Waals surface area contributed by atoms with Crippen LogP contribution in [-0.4, -0.2) is 35.2 Å². The van der Waals surface area contributed by atoms with Crippen LogP contribution in [0.4, 0.5) is 0 Å². The van der Waals surface area contributed by atoms with Crippen molar-refractivity contribution in [3.63, 3.8) is 0 Å². The standard InChI is InChI=1S/C14H22N2O4S.ClH/c1-19-12-7-4-8-13(20-2)14(12)21(17,18)16-11-6-3-5-10(11)9-15;/h4,7-8,10-11,16H,3,5-6,9,15H2,1-2H3;1H. The molecule has 126 valence electrons. The fourth-order valence-corrected chi connectivity index (χ4v) is 4.47. The molecule has 6 nitrogen and oxygen atoms in total. The summed E-state index contributed by atoms with van der Waals surface area (Å²) in [6, 6.07) is 4.77. The van der Waals surface area contributed by atoms with Crippen molar-refractivity contribution < 1.29 is 17.9 Å². The zero-order chi connectivity index (χ0) is 15.5. The zero-order valence-electron chi connectivity index (χ0n) is 12.7. The van der Waals surface area contributed by atoms with Gasteiger partial charge < -0.3 is 15.2 Å². The van der Waals surface area contributed by atoms with Gasteiger partial charge in [-0.1, -0.05) is 12.5 Å². The predicted octanol–water partition coefficient (Wildman–Crippen LogP) is 1.53. The van der Waals surface area contributed by atoms with Crippen LogP contribution in [0.15, 0.2) is 23.1 Å². The van der Waals surface area contributed by atoms with E-state index in [1.165, 1.54) is 14.2 Å². The van der Waals surface area contributed by atoms with E-state index in [0.29, 0.717) is 6.54 Å². The summed E-state index contributed by atoms with van der Waals surface area (Å²) in [5, 5.41) is 0. The molecule has 1 saturated carbocycles. The van der Waals surface area contributed by atoms with E-state index in [2.05, 4.69) is 4.72 Å². The molecular weight excluding hydrogens is 328 g/mol. The minimum absolute atomic E-state index is 0. The number of ether oxygens (including phenoxy) is 2. The molecule has 1 aromatic rings. The van der Waals surface area contributed by atoms with Crippen LogP contribution in [0, 0.1) is 5.92 Å². The molecule has 0 spiro atoms. The third kappa shape index (κ3) is 3.84. The largest absolute Gasteiger partial charge is 0.495 e. The summed E-state index contributed by atoms with van der Waals surface area (Å²) >= 11 is 0. The number of sulfonamides is 1. The lowest BCUT2D eigenvalue weighted by Crippen LogP contribution is -2.40. The number of benzene rings is 1. The molecule has 0 saturated heterocycles. The van der Waals surface area contributed by atoms with Crippen molar-refractivity contribution in [2.24, 2.45) is 11.7 Å². The Bertz CT molecular complexity index is 572. The lowest BCUT2D eigenvalue weighted by atomic mass is 10.1. The van der Waals surface area contributed by atoms with E-state index in [1.807, 2.05) is 0 Å². The van der Waals surface area contributed by atoms with Gasteiger partial charge in [0.05, 0.1) is 14.2 Å². The second kappa shape index (κ2) is 8.01. The number of halogens is 1. The Hall–Kier alpha value is -1.02. The highest BCUT2D eigenvalue weighted by Crippen LogP contribution is 2.34. The molecule has 22 heavy (non-hydrogen) atoms. The number of rotatable bonds is 6. The highest BCUT2D eigenvalue weighted by molar-refractivity contribution is 7.89. The van der Waals surface area contributed by atoms with Crippen molar-refractivity contribution in [1.82, 2.24) is 4.72 Å². The molecule has 1 fully saturated rings. The van der Waals surface area contributed by atoms with Crippen LogP contribution in [0.3, 0.4) is 0 Å². The molecule has 0 heterocycles. The van der Waals surface area contributed by atoms with Gasteiger partial charge in [0.25, 0.3) is 0 Å². The molecule has 1 aliphatic rings. The van der Waals surface area contributed by atoms with Gasteiger partial charge in [-0.25, -0.2) is 13.1 Å². The van der Waals surface area contributed by atoms with Crippen molar-refractivity contribution in [2.75, 3.05) is 20.8 Å². The maximum atomic E-state index is 12.7. The van der Waals surface area contributed by atoms with Gasteiger partial charge in [0, 0.05) is 6.04 Å². The number of hydrogen-bond acceptors (Lipinski definition) is 5. The van der Waals surface area contributed by atoms with E-state index < -0.39 is 10.0 Å². The van der Waals surface area contributed by atoms with E-state index in [-0.39, 0.29) is 40.8 Å². The molecule has 1 aliphatic carbocycles. The first-order chi connectivity index (χ1) is 10.0. The molecule has 0 radical (unpaired) electrons. The summed E-state index contributed by atoms with van der Waals surface area (Å²) in [6.45, 7) is 0.482. The molecule has 2 atom stereocenters. The van der Waals surface area contributed by atoms with Gasteiger partial charge in [-0.3, -0.25) is 0 Å². The Kier molecular flexibility index (Phi) is 6.93. The fraction of sp³-hybridized carbons (Fsp3) is 0.571. The quantitative estimate of drug-likeness (QED) is 0.812. The average molecular weight is 351 g/mol. The second-order valence-electron chi connectivity index (χ2n) is 5.15. The number of nitrogens with one attached hydrogen (secondary N) is 1. The Labute approximate surface area is 137 Å². The van der Waals surface area contributed by atoms with Gasteiger partial charge in [0.15, 0.2) is 4.90 Å². The molecule has 3 N–H and O–H groups in total. The van der Waals surface area contributed by atoms with Gasteiger partial charge in [-0.05, 0) is 37.4 Å². The summed E-state index contributed by atoms with van der Waals surface area (Å²) < 4.78 is 38.5. The maximum Gasteiger partial charge on any atom is 0.248 e. The summed E-state index contributed by atoms with van der Waals surface area (Å²) in [7, 11) is -0.855. The summed E-state index contributed by atoms with van der Waals surface area (Å²) in [6.07, 6.45) is 2.74. The smallest absolute Gasteiger partial charge is 0.248 e. The Morgan fingerprint density at radius 2 is 1.82 bits per heavy atom. The average Bonchev–Trinajstić information content (AvgIpc) is 2.92. The van der Waals surface area contributed by atoms with Crippen LogP contribution in [-0.2, 0) is 10.0 Å². The highest BCUT2D eigenvalue weighted by atomic mass is 35.5. The molecule has 0 amide bonds. The first-order valence-corrected chi connectivity index (χ1v) is 8.45. The maximum absolute atomic E-state index is 12.7. The van der Waals surface area contributed by atoms with E-state index in [4.69, 9.17) is 15.2 Å². The Morgan fingerprint density at radius 1 is 1.23 bits per heavy atom. The van der Waals surface area contributed by atoms with Gasteiger partial charge in [0.2, 0.25) is 10.0 Å². The molecule has 1 aromatic carbocycles. The minimum atomic E-state index is -3.73. The first-order valence-electron chi connectivity index (χ1n) is 6.97. The van der Waals surface area contributed by atoms with Crippen LogP contribution in [0.5, 0.6) is 11.5 Å². The van der Waals surface area contributed by atoms with Crippen molar-refractivity contribution in [3.05, 3.63) is 18.2 Å². The SMILES string of the molecule is COc1cccc(OC)c1S(=O)(=O)NC1CCCC1CN.Cl. The Balaban J connectivity index is 0.00000242. The lowest BCUT2D eigenvalue weighted by Gasteiger charge is -2.21. The number of hydrogen-bond donors (Lipinski definition) is 2. The van der Waals surface area contributed by atoms with Gasteiger partial charge in [-0.2, -0.15) is 0 Å². The number of nitrogens with two attached hydrogens (primary N) is 1. The van der Waals surface area contributed by atoms with Gasteiger partial charge in [0.1, 0.15) is 11.5 Å². The van der Waals surface area contributed by atoms with Gasteiger partial charge in [-0.15, -0.1) is 12.4 Å². The summed E-state index contributed by atoms with van der Waals surface area (Å²) in [5.41, 5.74) is 5.71. The van der Waals surface area contributed by atoms with Crippen LogP contribution >= 0.6 is 12.4 Å². The van der Waals surface area contributed by atoms with Gasteiger partial charge >= 0.3 is 0 Å². The van der Waals surface area contributed by atoms with E-state index in [9.17, 15) is 8.42 Å². The topological polar surface area (TPSA) is 90.6 Å². The van der Waals surface area contributed by atoms with E-state index >= 15 is 0 Å². The predicted molar refractivity (Wildman–Crippen MR) is 87.3 cm³/mol. The zero-order valence-corrected chi connectivity index (χ0v) is 14.4. The van der Waals surface area contributed by atoms with E-state index in [0.717, 1.165) is 19.3 Å². The van der Waals surface area contributed by atoms with Crippen molar-refractivity contribution in [2.45, 2.75) is 30.2 Å². The van der Waals surface area contributed by atoms with Crippen LogP contribution < -0.4 is 19.9 Å². The molecule has 2 unspecified atom stereocenters. The summed E-state index contributed by atoms with van der Waals surface area (Å²) in [4.78, 5) is 0.0395. The van der Waals surface area contributed by atoms with Crippen molar-refractivity contribution in [3.8, 4) is 11.5 Å². The highest BCUT2D eigenvalue weighted by Gasteiger charge is 2.33. The molecular formula is C14H23ClN2O4S. The minimum Gasteiger partial charge on any atom is -0.495 e. The van der Waals surface area contributed by atoms with Crippen LogP contribution in [0.25, 0.3) is 0 Å². The molecule has 2 rings (SSSR count). The first kappa shape index (κ1) is 19.0. The second-order valence-corrected chi connectivity index (χ2v) is 6.80. The normalized spacial score (nSPS) is 21.2. The van der Waals surface area contributed by atoms with Crippen LogP contribution in [0.2, 0.25) is 0 Å². The molecule has 0 aromatic heterocycles. The van der Waals surface area contributed by atoms with Crippen molar-refractivity contribution >= 4 is 22.4 Å². The third-order valence-corrected chi connectivity index (χ3v) is 5.47. The summed E-state index contributed by atoms with van der Waals surface area (Å²) in [5.74, 6) is 0.716. The molecule has 8 heteroatoms. The fourth-order valence-electron chi connectivity index (χ4n) is 2.81. The van der Waals surface area contributed by atoms with Crippen molar-refractivity contribution in [1.29, 1.82) is 0 Å². The third-order valence-electron chi connectivity index (χ3n) is 3.92. The van der Waals surface area contributed by atoms with E-state index in [1.54, 1.807) is 18.2 Å². The molecule has 0 aliphatic heterocycles.